The van der Waals surface area contributed by atoms with Gasteiger partial charge in [-0.15, -0.1) is 0 Å². The summed E-state index contributed by atoms with van der Waals surface area (Å²) in [5.74, 6) is -0.616. The summed E-state index contributed by atoms with van der Waals surface area (Å²) >= 11 is 0. The summed E-state index contributed by atoms with van der Waals surface area (Å²) in [6, 6.07) is 1.64. The van der Waals surface area contributed by atoms with Crippen LogP contribution in [0.25, 0.3) is 0 Å². The fourth-order valence-electron chi connectivity index (χ4n) is 2.63. The number of aromatic nitrogens is 1. The van der Waals surface area contributed by atoms with Crippen molar-refractivity contribution in [2.24, 2.45) is 0 Å². The zero-order valence-electron chi connectivity index (χ0n) is 12.2. The topological polar surface area (TPSA) is 45.2 Å². The highest BCUT2D eigenvalue weighted by Gasteiger charge is 2.26. The molecule has 20 heavy (non-hydrogen) atoms. The molecule has 5 heteroatoms. The summed E-state index contributed by atoms with van der Waals surface area (Å²) in [6.45, 7) is 5.18. The van der Waals surface area contributed by atoms with Crippen LogP contribution in [0.4, 0.5) is 10.2 Å². The second-order valence-electron chi connectivity index (χ2n) is 5.25. The van der Waals surface area contributed by atoms with Crippen molar-refractivity contribution < 1.29 is 9.18 Å². The van der Waals surface area contributed by atoms with Crippen LogP contribution in [0.3, 0.4) is 0 Å². The molecule has 1 aromatic heterocycles. The summed E-state index contributed by atoms with van der Waals surface area (Å²) in [7, 11) is 0. The third-order valence-electron chi connectivity index (χ3n) is 3.78. The number of rotatable bonds is 3. The van der Waals surface area contributed by atoms with Gasteiger partial charge in [-0.2, -0.15) is 0 Å². The Labute approximate surface area is 119 Å². The summed E-state index contributed by atoms with van der Waals surface area (Å²) in [4.78, 5) is 18.3. The Kier molecular flexibility index (Phi) is 4.93. The molecule has 0 radical (unpaired) electrons. The van der Waals surface area contributed by atoms with E-state index in [0.717, 1.165) is 25.7 Å². The van der Waals surface area contributed by atoms with E-state index in [9.17, 15) is 9.18 Å². The van der Waals surface area contributed by atoms with Gasteiger partial charge in [0.15, 0.2) is 11.6 Å². The standard InChI is InChI=1S/C15H22FN3O/c1-3-17-14-13(16)12(8-9-18-14)15(20)19-10-6-4-5-7-11(19)2/h8-9,11H,3-7,10H2,1-2H3,(H,17,18). The van der Waals surface area contributed by atoms with Crippen molar-refractivity contribution >= 4 is 11.7 Å². The van der Waals surface area contributed by atoms with Crippen molar-refractivity contribution in [2.75, 3.05) is 18.4 Å². The van der Waals surface area contributed by atoms with Gasteiger partial charge in [0.25, 0.3) is 5.91 Å². The predicted octanol–water partition coefficient (Wildman–Crippen LogP) is 3.06. The van der Waals surface area contributed by atoms with Crippen LogP contribution in [0, 0.1) is 5.82 Å². The molecule has 0 aromatic carbocycles. The molecule has 1 N–H and O–H groups in total. The lowest BCUT2D eigenvalue weighted by molar-refractivity contribution is 0.0693. The Morgan fingerprint density at radius 3 is 3.05 bits per heavy atom. The number of carbonyl (C=O) groups excluding carboxylic acids is 1. The molecule has 0 saturated carbocycles. The molecular formula is C15H22FN3O. The van der Waals surface area contributed by atoms with Gasteiger partial charge in [-0.25, -0.2) is 9.37 Å². The molecule has 1 atom stereocenters. The van der Waals surface area contributed by atoms with Crippen molar-refractivity contribution in [3.63, 3.8) is 0 Å². The highest BCUT2D eigenvalue weighted by molar-refractivity contribution is 5.95. The molecule has 0 aliphatic carbocycles. The van der Waals surface area contributed by atoms with E-state index >= 15 is 0 Å². The minimum Gasteiger partial charge on any atom is -0.368 e. The zero-order chi connectivity index (χ0) is 14.5. The zero-order valence-corrected chi connectivity index (χ0v) is 12.2. The number of nitrogens with zero attached hydrogens (tertiary/aromatic N) is 2. The minimum absolute atomic E-state index is 0.115. The number of anilines is 1. The maximum atomic E-state index is 14.3. The van der Waals surface area contributed by atoms with E-state index < -0.39 is 5.82 Å². The van der Waals surface area contributed by atoms with E-state index in [-0.39, 0.29) is 23.3 Å². The van der Waals surface area contributed by atoms with Gasteiger partial charge in [-0.1, -0.05) is 12.8 Å². The summed E-state index contributed by atoms with van der Waals surface area (Å²) in [5, 5.41) is 2.84. The van der Waals surface area contributed by atoms with Gasteiger partial charge in [0, 0.05) is 25.3 Å². The maximum absolute atomic E-state index is 14.3. The van der Waals surface area contributed by atoms with Crippen molar-refractivity contribution in [1.29, 1.82) is 0 Å². The molecule has 2 rings (SSSR count). The predicted molar refractivity (Wildman–Crippen MR) is 77.3 cm³/mol. The Balaban J connectivity index is 2.25. The first-order valence-electron chi connectivity index (χ1n) is 7.34. The molecule has 4 nitrogen and oxygen atoms in total. The van der Waals surface area contributed by atoms with E-state index in [2.05, 4.69) is 10.3 Å². The smallest absolute Gasteiger partial charge is 0.257 e. The molecule has 1 saturated heterocycles. The van der Waals surface area contributed by atoms with E-state index in [1.807, 2.05) is 13.8 Å². The van der Waals surface area contributed by atoms with Crippen LogP contribution in [0.15, 0.2) is 12.3 Å². The normalized spacial score (nSPS) is 19.6. The lowest BCUT2D eigenvalue weighted by atomic mass is 10.1. The fraction of sp³-hybridized carbons (Fsp3) is 0.600. The molecule has 0 spiro atoms. The van der Waals surface area contributed by atoms with Gasteiger partial charge >= 0.3 is 0 Å². The van der Waals surface area contributed by atoms with Gasteiger partial charge in [0.1, 0.15) is 0 Å². The third kappa shape index (κ3) is 3.08. The molecule has 0 bridgehead atoms. The van der Waals surface area contributed by atoms with E-state index in [1.165, 1.54) is 12.3 Å². The molecule has 1 fully saturated rings. The monoisotopic (exact) mass is 279 g/mol. The van der Waals surface area contributed by atoms with Gasteiger partial charge in [-0.05, 0) is 32.8 Å². The highest BCUT2D eigenvalue weighted by Crippen LogP contribution is 2.22. The average molecular weight is 279 g/mol. The van der Waals surface area contributed by atoms with Crippen LogP contribution in [0.5, 0.6) is 0 Å². The van der Waals surface area contributed by atoms with Crippen molar-refractivity contribution in [2.45, 2.75) is 45.6 Å². The van der Waals surface area contributed by atoms with Crippen LogP contribution in [0.2, 0.25) is 0 Å². The average Bonchev–Trinajstić information content (AvgIpc) is 2.65. The van der Waals surface area contributed by atoms with Crippen LogP contribution in [0.1, 0.15) is 49.9 Å². The first kappa shape index (κ1) is 14.8. The molecule has 1 aliphatic heterocycles. The molecule has 1 aliphatic rings. The first-order valence-corrected chi connectivity index (χ1v) is 7.34. The van der Waals surface area contributed by atoms with Crippen LogP contribution >= 0.6 is 0 Å². The van der Waals surface area contributed by atoms with Crippen molar-refractivity contribution in [3.8, 4) is 0 Å². The van der Waals surface area contributed by atoms with Gasteiger partial charge in [0.05, 0.1) is 5.56 Å². The first-order chi connectivity index (χ1) is 9.65. The SMILES string of the molecule is CCNc1nccc(C(=O)N2CCCCCC2C)c1F. The Bertz CT molecular complexity index is 478. The van der Waals surface area contributed by atoms with Crippen LogP contribution < -0.4 is 5.32 Å². The van der Waals surface area contributed by atoms with E-state index in [4.69, 9.17) is 0 Å². The summed E-state index contributed by atoms with van der Waals surface area (Å²) < 4.78 is 14.3. The van der Waals surface area contributed by atoms with Crippen molar-refractivity contribution in [3.05, 3.63) is 23.6 Å². The molecule has 1 unspecified atom stereocenters. The van der Waals surface area contributed by atoms with Gasteiger partial charge in [0.2, 0.25) is 0 Å². The van der Waals surface area contributed by atoms with Crippen LogP contribution in [-0.2, 0) is 0 Å². The third-order valence-corrected chi connectivity index (χ3v) is 3.78. The molecule has 1 aromatic rings. The molecular weight excluding hydrogens is 257 g/mol. The molecule has 1 amide bonds. The second-order valence-corrected chi connectivity index (χ2v) is 5.25. The van der Waals surface area contributed by atoms with E-state index in [0.29, 0.717) is 13.1 Å². The molecule has 2 heterocycles. The lowest BCUT2D eigenvalue weighted by Gasteiger charge is -2.27. The number of hydrogen-bond donors (Lipinski definition) is 1. The largest absolute Gasteiger partial charge is 0.368 e. The minimum atomic E-state index is -0.546. The number of likely N-dealkylation sites (tertiary alicyclic amines) is 1. The Hall–Kier alpha value is -1.65. The number of halogens is 1. The number of amides is 1. The second kappa shape index (κ2) is 6.68. The van der Waals surface area contributed by atoms with Crippen LogP contribution in [-0.4, -0.2) is 34.9 Å². The van der Waals surface area contributed by atoms with Gasteiger partial charge in [-0.3, -0.25) is 4.79 Å². The maximum Gasteiger partial charge on any atom is 0.257 e. The lowest BCUT2D eigenvalue weighted by Crippen LogP contribution is -2.38. The summed E-state index contributed by atoms with van der Waals surface area (Å²) in [5.41, 5.74) is 0.115. The Morgan fingerprint density at radius 1 is 1.50 bits per heavy atom. The fourth-order valence-corrected chi connectivity index (χ4v) is 2.63. The quantitative estimate of drug-likeness (QED) is 0.925. The number of hydrogen-bond acceptors (Lipinski definition) is 3. The number of carbonyl (C=O) groups is 1. The number of nitrogens with one attached hydrogen (secondary N) is 1. The summed E-state index contributed by atoms with van der Waals surface area (Å²) in [6.07, 6.45) is 5.72. The molecule has 110 valence electrons. The van der Waals surface area contributed by atoms with Crippen molar-refractivity contribution in [1.82, 2.24) is 9.88 Å². The highest BCUT2D eigenvalue weighted by atomic mass is 19.1. The van der Waals surface area contributed by atoms with Gasteiger partial charge < -0.3 is 10.2 Å². The van der Waals surface area contributed by atoms with E-state index in [1.54, 1.807) is 4.90 Å². The number of pyridine rings is 1. The Morgan fingerprint density at radius 2 is 2.30 bits per heavy atom.